The largest absolute Gasteiger partial charge is 0.396 e. The minimum absolute atomic E-state index is 0.307. The molecule has 0 radical (unpaired) electrons. The van der Waals surface area contributed by atoms with Crippen LogP contribution in [0.5, 0.6) is 0 Å². The molecular weight excluding hydrogens is 186 g/mol. The molecule has 0 spiro atoms. The molecular formula is C13H27NO. The third kappa shape index (κ3) is 4.12. The van der Waals surface area contributed by atoms with Gasteiger partial charge in [-0.1, -0.05) is 27.2 Å². The van der Waals surface area contributed by atoms with Crippen LogP contribution >= 0.6 is 0 Å². The van der Waals surface area contributed by atoms with E-state index < -0.39 is 0 Å². The number of aliphatic hydroxyl groups excluding tert-OH is 1. The lowest BCUT2D eigenvalue weighted by molar-refractivity contribution is 0.167. The molecule has 0 aliphatic heterocycles. The summed E-state index contributed by atoms with van der Waals surface area (Å²) in [4.78, 5) is 0. The third-order valence-corrected chi connectivity index (χ3v) is 3.76. The summed E-state index contributed by atoms with van der Waals surface area (Å²) in [5, 5.41) is 12.4. The van der Waals surface area contributed by atoms with Gasteiger partial charge in [0, 0.05) is 12.6 Å². The fourth-order valence-corrected chi connectivity index (χ4v) is 2.80. The molecule has 1 saturated carbocycles. The first-order chi connectivity index (χ1) is 7.15. The quantitative estimate of drug-likeness (QED) is 0.687. The zero-order valence-electron chi connectivity index (χ0n) is 10.5. The third-order valence-electron chi connectivity index (χ3n) is 3.76. The first kappa shape index (κ1) is 13.0. The lowest BCUT2D eigenvalue weighted by Crippen LogP contribution is -2.43. The van der Waals surface area contributed by atoms with Crippen LogP contribution in [0.1, 0.15) is 46.5 Å². The zero-order chi connectivity index (χ0) is 11.3. The first-order valence-electron chi connectivity index (χ1n) is 6.49. The SMILES string of the molecule is CC(C)[C@@H]1CC[C@@H](C)C[C@@H]1NCCCO. The van der Waals surface area contributed by atoms with Crippen molar-refractivity contribution in [2.75, 3.05) is 13.2 Å². The van der Waals surface area contributed by atoms with Crippen LogP contribution in [0.4, 0.5) is 0 Å². The Balaban J connectivity index is 2.39. The highest BCUT2D eigenvalue weighted by molar-refractivity contribution is 4.85. The van der Waals surface area contributed by atoms with Crippen molar-refractivity contribution >= 4 is 0 Å². The van der Waals surface area contributed by atoms with Gasteiger partial charge in [0.25, 0.3) is 0 Å². The summed E-state index contributed by atoms with van der Waals surface area (Å²) in [6, 6.07) is 0.681. The van der Waals surface area contributed by atoms with Gasteiger partial charge in [0.05, 0.1) is 0 Å². The van der Waals surface area contributed by atoms with Crippen molar-refractivity contribution in [3.8, 4) is 0 Å². The Morgan fingerprint density at radius 3 is 2.67 bits per heavy atom. The van der Waals surface area contributed by atoms with E-state index in [0.717, 1.165) is 30.7 Å². The molecule has 1 fully saturated rings. The molecule has 0 heterocycles. The minimum Gasteiger partial charge on any atom is -0.396 e. The molecule has 0 unspecified atom stereocenters. The summed E-state index contributed by atoms with van der Waals surface area (Å²) in [5.74, 6) is 2.48. The average molecular weight is 213 g/mol. The van der Waals surface area contributed by atoms with Gasteiger partial charge in [0.1, 0.15) is 0 Å². The second kappa shape index (κ2) is 6.49. The van der Waals surface area contributed by atoms with Crippen LogP contribution in [0.25, 0.3) is 0 Å². The average Bonchev–Trinajstić information content (AvgIpc) is 2.18. The van der Waals surface area contributed by atoms with Crippen LogP contribution in [0.3, 0.4) is 0 Å². The van der Waals surface area contributed by atoms with Gasteiger partial charge in [-0.05, 0) is 43.6 Å². The van der Waals surface area contributed by atoms with Crippen molar-refractivity contribution in [1.29, 1.82) is 0 Å². The molecule has 90 valence electrons. The smallest absolute Gasteiger partial charge is 0.0443 e. The zero-order valence-corrected chi connectivity index (χ0v) is 10.5. The van der Waals surface area contributed by atoms with Crippen LogP contribution in [-0.2, 0) is 0 Å². The van der Waals surface area contributed by atoms with Crippen LogP contribution in [0, 0.1) is 17.8 Å². The van der Waals surface area contributed by atoms with Crippen molar-refractivity contribution < 1.29 is 5.11 Å². The Hall–Kier alpha value is -0.0800. The van der Waals surface area contributed by atoms with Gasteiger partial charge in [0.2, 0.25) is 0 Å². The van der Waals surface area contributed by atoms with Crippen molar-refractivity contribution in [2.45, 2.75) is 52.5 Å². The summed E-state index contributed by atoms with van der Waals surface area (Å²) in [7, 11) is 0. The molecule has 0 saturated heterocycles. The van der Waals surface area contributed by atoms with Gasteiger partial charge in [-0.3, -0.25) is 0 Å². The van der Waals surface area contributed by atoms with E-state index in [-0.39, 0.29) is 0 Å². The molecule has 0 aromatic rings. The molecule has 0 bridgehead atoms. The van der Waals surface area contributed by atoms with E-state index >= 15 is 0 Å². The Morgan fingerprint density at radius 1 is 1.33 bits per heavy atom. The standard InChI is InChI=1S/C13H27NO/c1-10(2)12-6-5-11(3)9-13(12)14-7-4-8-15/h10-15H,4-9H2,1-3H3/t11-,12+,13+/m1/s1. The fraction of sp³-hybridized carbons (Fsp3) is 1.00. The van der Waals surface area contributed by atoms with Crippen molar-refractivity contribution in [2.24, 2.45) is 17.8 Å². The van der Waals surface area contributed by atoms with E-state index in [1.165, 1.54) is 19.3 Å². The Labute approximate surface area is 94.5 Å². The Bertz CT molecular complexity index is 170. The summed E-state index contributed by atoms with van der Waals surface area (Å²) in [6.45, 7) is 8.30. The summed E-state index contributed by atoms with van der Waals surface area (Å²) in [6.07, 6.45) is 4.96. The number of hydrogen-bond donors (Lipinski definition) is 2. The van der Waals surface area contributed by atoms with Gasteiger partial charge in [0.15, 0.2) is 0 Å². The molecule has 0 aromatic heterocycles. The topological polar surface area (TPSA) is 32.3 Å². The second-order valence-corrected chi connectivity index (χ2v) is 5.46. The summed E-state index contributed by atoms with van der Waals surface area (Å²) >= 11 is 0. The lowest BCUT2D eigenvalue weighted by Gasteiger charge is -2.38. The van der Waals surface area contributed by atoms with Gasteiger partial charge in [-0.25, -0.2) is 0 Å². The van der Waals surface area contributed by atoms with E-state index in [9.17, 15) is 0 Å². The predicted octanol–water partition coefficient (Wildman–Crippen LogP) is 2.42. The van der Waals surface area contributed by atoms with E-state index in [2.05, 4.69) is 26.1 Å². The normalized spacial score (nSPS) is 32.2. The molecule has 1 rings (SSSR count). The van der Waals surface area contributed by atoms with E-state index in [4.69, 9.17) is 5.11 Å². The van der Waals surface area contributed by atoms with E-state index in [0.29, 0.717) is 12.6 Å². The number of nitrogens with one attached hydrogen (secondary N) is 1. The number of rotatable bonds is 5. The van der Waals surface area contributed by atoms with Crippen molar-refractivity contribution in [3.05, 3.63) is 0 Å². The summed E-state index contributed by atoms with van der Waals surface area (Å²) < 4.78 is 0. The van der Waals surface area contributed by atoms with Gasteiger partial charge in [-0.2, -0.15) is 0 Å². The maximum atomic E-state index is 8.78. The number of aliphatic hydroxyl groups is 1. The Kier molecular flexibility index (Phi) is 5.62. The van der Waals surface area contributed by atoms with E-state index in [1.807, 2.05) is 0 Å². The highest BCUT2D eigenvalue weighted by Crippen LogP contribution is 2.33. The monoisotopic (exact) mass is 213 g/mol. The van der Waals surface area contributed by atoms with Crippen LogP contribution < -0.4 is 5.32 Å². The van der Waals surface area contributed by atoms with E-state index in [1.54, 1.807) is 0 Å². The molecule has 2 heteroatoms. The minimum atomic E-state index is 0.307. The molecule has 0 aromatic carbocycles. The predicted molar refractivity (Wildman–Crippen MR) is 64.8 cm³/mol. The lowest BCUT2D eigenvalue weighted by atomic mass is 9.74. The first-order valence-corrected chi connectivity index (χ1v) is 6.49. The van der Waals surface area contributed by atoms with Gasteiger partial charge < -0.3 is 10.4 Å². The summed E-state index contributed by atoms with van der Waals surface area (Å²) in [5.41, 5.74) is 0. The highest BCUT2D eigenvalue weighted by atomic mass is 16.3. The van der Waals surface area contributed by atoms with Crippen molar-refractivity contribution in [3.63, 3.8) is 0 Å². The maximum Gasteiger partial charge on any atom is 0.0443 e. The molecule has 1 aliphatic rings. The highest BCUT2D eigenvalue weighted by Gasteiger charge is 2.29. The Morgan fingerprint density at radius 2 is 2.07 bits per heavy atom. The molecule has 2 nitrogen and oxygen atoms in total. The van der Waals surface area contributed by atoms with Crippen molar-refractivity contribution in [1.82, 2.24) is 5.32 Å². The maximum absolute atomic E-state index is 8.78. The molecule has 1 aliphatic carbocycles. The van der Waals surface area contributed by atoms with Gasteiger partial charge in [-0.15, -0.1) is 0 Å². The molecule has 3 atom stereocenters. The fourth-order valence-electron chi connectivity index (χ4n) is 2.80. The van der Waals surface area contributed by atoms with Crippen LogP contribution in [0.2, 0.25) is 0 Å². The second-order valence-electron chi connectivity index (χ2n) is 5.46. The molecule has 2 N–H and O–H groups in total. The van der Waals surface area contributed by atoms with Crippen LogP contribution in [0.15, 0.2) is 0 Å². The number of hydrogen-bond acceptors (Lipinski definition) is 2. The van der Waals surface area contributed by atoms with Gasteiger partial charge >= 0.3 is 0 Å². The molecule has 0 amide bonds. The molecule has 15 heavy (non-hydrogen) atoms. The van der Waals surface area contributed by atoms with Crippen LogP contribution in [-0.4, -0.2) is 24.3 Å².